The molecule has 0 N–H and O–H groups in total. The molecule has 0 atom stereocenters. The first-order chi connectivity index (χ1) is 10.8. The van der Waals surface area contributed by atoms with Crippen molar-refractivity contribution in [1.29, 1.82) is 0 Å². The maximum Gasteiger partial charge on any atom is -0.00339 e. The van der Waals surface area contributed by atoms with E-state index in [4.69, 9.17) is 0 Å². The molecule has 0 aliphatic carbocycles. The summed E-state index contributed by atoms with van der Waals surface area (Å²) < 4.78 is 0. The summed E-state index contributed by atoms with van der Waals surface area (Å²) in [7, 11) is 0. The van der Waals surface area contributed by atoms with E-state index in [1.165, 1.54) is 38.3 Å². The Balaban J connectivity index is 2.80. The average Bonchev–Trinajstić information content (AvgIpc) is 2.52. The van der Waals surface area contributed by atoms with E-state index in [1.54, 1.807) is 11.8 Å². The highest BCUT2D eigenvalue weighted by atomic mass is 32.2. The van der Waals surface area contributed by atoms with Crippen LogP contribution in [0.5, 0.6) is 0 Å². The van der Waals surface area contributed by atoms with E-state index in [2.05, 4.69) is 78.7 Å². The number of aryl methyl sites for hydroxylation is 1. The second-order valence-corrected chi connectivity index (χ2v) is 7.69. The second kappa shape index (κ2) is 9.17. The van der Waals surface area contributed by atoms with Crippen molar-refractivity contribution in [2.75, 3.05) is 0 Å². The summed E-state index contributed by atoms with van der Waals surface area (Å²) in [5, 5.41) is 2.24. The summed E-state index contributed by atoms with van der Waals surface area (Å²) in [6.45, 7) is 19.7. The average molecular weight is 329 g/mol. The lowest BCUT2D eigenvalue weighted by Crippen LogP contribution is -1.95. The quantitative estimate of drug-likeness (QED) is 0.500. The lowest BCUT2D eigenvalue weighted by Gasteiger charge is -2.13. The summed E-state index contributed by atoms with van der Waals surface area (Å²) in [5.41, 5.74) is 8.42. The van der Waals surface area contributed by atoms with Gasteiger partial charge in [0.05, 0.1) is 0 Å². The monoisotopic (exact) mass is 328 g/mol. The van der Waals surface area contributed by atoms with Gasteiger partial charge in [-0.1, -0.05) is 51.1 Å². The molecule has 0 amide bonds. The molecule has 0 aliphatic heterocycles. The van der Waals surface area contributed by atoms with Crippen molar-refractivity contribution in [2.24, 2.45) is 5.92 Å². The molecule has 1 aromatic carbocycles. The zero-order chi connectivity index (χ0) is 17.6. The Hall–Kier alpha value is -1.21. The number of thioether (sulfide) groups is 1. The molecule has 0 fully saturated rings. The maximum atomic E-state index is 4.19. The summed E-state index contributed by atoms with van der Waals surface area (Å²) in [5.74, 6) is 0.607. The van der Waals surface area contributed by atoms with Crippen LogP contribution >= 0.6 is 11.8 Å². The van der Waals surface area contributed by atoms with Crippen LogP contribution in [-0.4, -0.2) is 0 Å². The van der Waals surface area contributed by atoms with Gasteiger partial charge in [-0.3, -0.25) is 0 Å². The molecule has 0 spiro atoms. The fourth-order valence-corrected chi connectivity index (χ4v) is 3.23. The Morgan fingerprint density at radius 3 is 2.39 bits per heavy atom. The minimum Gasteiger partial charge on any atom is -0.103 e. The number of allylic oxidation sites excluding steroid dienone is 4. The highest BCUT2D eigenvalue weighted by Crippen LogP contribution is 2.27. The van der Waals surface area contributed by atoms with Crippen molar-refractivity contribution in [3.63, 3.8) is 0 Å². The van der Waals surface area contributed by atoms with E-state index in [0.717, 1.165) is 12.8 Å². The van der Waals surface area contributed by atoms with Crippen molar-refractivity contribution < 1.29 is 0 Å². The molecule has 1 rings (SSSR count). The number of rotatable bonds is 7. The van der Waals surface area contributed by atoms with Crippen molar-refractivity contribution in [3.05, 3.63) is 62.9 Å². The predicted molar refractivity (Wildman–Crippen MR) is 109 cm³/mol. The molecule has 0 bridgehead atoms. The maximum absolute atomic E-state index is 4.19. The van der Waals surface area contributed by atoms with Gasteiger partial charge in [-0.2, -0.15) is 0 Å². The molecule has 1 heteroatoms. The lowest BCUT2D eigenvalue weighted by atomic mass is 9.93. The lowest BCUT2D eigenvalue weighted by molar-refractivity contribution is 0.772. The van der Waals surface area contributed by atoms with Crippen LogP contribution in [0.15, 0.2) is 40.7 Å². The zero-order valence-electron chi connectivity index (χ0n) is 15.9. The number of hydrogen-bond acceptors (Lipinski definition) is 1. The van der Waals surface area contributed by atoms with E-state index in [9.17, 15) is 0 Å². The van der Waals surface area contributed by atoms with Crippen LogP contribution in [0, 0.1) is 19.8 Å². The van der Waals surface area contributed by atoms with Crippen LogP contribution in [0.1, 0.15) is 63.3 Å². The highest BCUT2D eigenvalue weighted by Gasteiger charge is 2.06. The fourth-order valence-electron chi connectivity index (χ4n) is 2.42. The predicted octanol–water partition coefficient (Wildman–Crippen LogP) is 7.47. The molecule has 0 saturated carbocycles. The minimum absolute atomic E-state index is 0.607. The molecule has 0 saturated heterocycles. The normalized spacial score (nSPS) is 12.9. The van der Waals surface area contributed by atoms with E-state index in [1.807, 2.05) is 0 Å². The molecule has 0 aliphatic rings. The molecule has 0 radical (unpaired) electrons. The van der Waals surface area contributed by atoms with Crippen LogP contribution in [0.25, 0.3) is 5.57 Å². The summed E-state index contributed by atoms with van der Waals surface area (Å²) in [4.78, 5) is 1.20. The van der Waals surface area contributed by atoms with Crippen molar-refractivity contribution >= 4 is 17.3 Å². The van der Waals surface area contributed by atoms with Crippen LogP contribution < -0.4 is 0 Å². The topological polar surface area (TPSA) is 0 Å². The summed E-state index contributed by atoms with van der Waals surface area (Å²) in [6, 6.07) is 4.54. The fraction of sp³-hybridized carbons (Fsp3) is 0.455. The van der Waals surface area contributed by atoms with E-state index >= 15 is 0 Å². The van der Waals surface area contributed by atoms with E-state index in [-0.39, 0.29) is 0 Å². The number of benzene rings is 1. The molecule has 0 aromatic heterocycles. The largest absolute Gasteiger partial charge is 0.103 e. The number of hydrogen-bond donors (Lipinski definition) is 0. The van der Waals surface area contributed by atoms with Crippen molar-refractivity contribution in [3.8, 4) is 0 Å². The highest BCUT2D eigenvalue weighted by molar-refractivity contribution is 8.05. The second-order valence-electron chi connectivity index (χ2n) is 6.64. The first-order valence-corrected chi connectivity index (χ1v) is 9.43. The Kier molecular flexibility index (Phi) is 7.91. The van der Waals surface area contributed by atoms with Gasteiger partial charge in [0.1, 0.15) is 0 Å². The van der Waals surface area contributed by atoms with Gasteiger partial charge in [0.25, 0.3) is 0 Å². The molecule has 1 aromatic rings. The Morgan fingerprint density at radius 1 is 1.17 bits per heavy atom. The van der Waals surface area contributed by atoms with E-state index in [0.29, 0.717) is 5.92 Å². The Bertz CT molecular complexity index is 615. The first-order valence-electron chi connectivity index (χ1n) is 8.55. The summed E-state index contributed by atoms with van der Waals surface area (Å²) >= 11 is 1.76. The molecule has 23 heavy (non-hydrogen) atoms. The molecule has 0 unspecified atom stereocenters. The van der Waals surface area contributed by atoms with Gasteiger partial charge in [-0.05, 0) is 84.6 Å². The molecule has 0 nitrogen and oxygen atoms in total. The van der Waals surface area contributed by atoms with Crippen molar-refractivity contribution in [1.82, 2.24) is 0 Å². The van der Waals surface area contributed by atoms with Gasteiger partial charge in [0.15, 0.2) is 0 Å². The van der Waals surface area contributed by atoms with Gasteiger partial charge in [-0.25, -0.2) is 0 Å². The Labute approximate surface area is 147 Å². The van der Waals surface area contributed by atoms with Crippen LogP contribution in [0.4, 0.5) is 0 Å². The smallest absolute Gasteiger partial charge is 0.00339 e. The molecular weight excluding hydrogens is 296 g/mol. The SMILES string of the molecule is C=C(C/C=C(/C)c1ccc(CC)c(C)c1C)S/C=C(\C)C(C)C. The third-order valence-electron chi connectivity index (χ3n) is 4.66. The van der Waals surface area contributed by atoms with Crippen LogP contribution in [0.3, 0.4) is 0 Å². The molecule has 126 valence electrons. The van der Waals surface area contributed by atoms with Gasteiger partial charge in [0.2, 0.25) is 0 Å². The van der Waals surface area contributed by atoms with Crippen LogP contribution in [-0.2, 0) is 6.42 Å². The van der Waals surface area contributed by atoms with Gasteiger partial charge >= 0.3 is 0 Å². The summed E-state index contributed by atoms with van der Waals surface area (Å²) in [6.07, 6.45) is 4.33. The van der Waals surface area contributed by atoms with Crippen LogP contribution in [0.2, 0.25) is 0 Å². The third kappa shape index (κ3) is 5.73. The van der Waals surface area contributed by atoms with Crippen molar-refractivity contribution in [2.45, 2.75) is 61.3 Å². The van der Waals surface area contributed by atoms with Gasteiger partial charge in [0, 0.05) is 0 Å². The van der Waals surface area contributed by atoms with Gasteiger partial charge in [-0.15, -0.1) is 11.8 Å². The first kappa shape index (κ1) is 19.8. The molecule has 0 heterocycles. The van der Waals surface area contributed by atoms with Gasteiger partial charge < -0.3 is 0 Å². The molecular formula is C22H32S. The Morgan fingerprint density at radius 2 is 1.83 bits per heavy atom. The zero-order valence-corrected chi connectivity index (χ0v) is 16.7. The third-order valence-corrected chi connectivity index (χ3v) is 5.65. The minimum atomic E-state index is 0.607. The van der Waals surface area contributed by atoms with E-state index < -0.39 is 0 Å². The standard InChI is InChI=1S/C22H32S/c1-9-21-12-13-22(20(8)19(21)7)16(4)10-11-18(6)23-14-17(5)15(2)3/h10,12-15H,6,9,11H2,1-5,7-8H3/b16-10-,17-14+.